The molecule has 6 heteroatoms. The van der Waals surface area contributed by atoms with Crippen molar-refractivity contribution in [1.29, 1.82) is 0 Å². The number of hydrogen-bond donors (Lipinski definition) is 1. The van der Waals surface area contributed by atoms with Gasteiger partial charge >= 0.3 is 8.80 Å². The van der Waals surface area contributed by atoms with E-state index in [-0.39, 0.29) is 6.10 Å². The number of rotatable bonds is 11. The van der Waals surface area contributed by atoms with E-state index in [1.807, 2.05) is 121 Å². The van der Waals surface area contributed by atoms with Crippen molar-refractivity contribution in [3.63, 3.8) is 0 Å². The Morgan fingerprint density at radius 2 is 1.00 bits per heavy atom. The highest BCUT2D eigenvalue weighted by molar-refractivity contribution is 6.63. The first-order valence-corrected chi connectivity index (χ1v) is 15.2. The van der Waals surface area contributed by atoms with Gasteiger partial charge in [0.25, 0.3) is 0 Å². The molecule has 0 radical (unpaired) electrons. The van der Waals surface area contributed by atoms with Gasteiger partial charge in [-0.25, -0.2) is 0 Å². The first-order valence-electron chi connectivity index (χ1n) is 13.3. The normalized spacial score (nSPS) is 19.3. The van der Waals surface area contributed by atoms with Gasteiger partial charge in [0.2, 0.25) is 0 Å². The molecule has 0 heterocycles. The van der Waals surface area contributed by atoms with Gasteiger partial charge in [0.1, 0.15) is 29.1 Å². The maximum Gasteiger partial charge on any atom is 0.699 e. The van der Waals surface area contributed by atoms with Gasteiger partial charge in [0, 0.05) is 0 Å². The van der Waals surface area contributed by atoms with Crippen LogP contribution in [0.3, 0.4) is 0 Å². The van der Waals surface area contributed by atoms with E-state index in [1.54, 1.807) is 0 Å². The highest BCUT2D eigenvalue weighted by atomic mass is 28.4. The standard InChI is InChI=1S/C32H34O5Si/c33-31-22-21-26(25-32(31)34-27-13-5-1-6-14-27)23-24-38(35-28-15-7-2-8-16-28,36-29-17-9-3-10-18-29)37-30-19-11-4-12-20-30/h1-20,26,31-33H,21-25H2. The van der Waals surface area contributed by atoms with Crippen LogP contribution >= 0.6 is 0 Å². The molecule has 0 aliphatic heterocycles. The SMILES string of the molecule is OC1CCC(CC[Si](Oc2ccccc2)(Oc2ccccc2)Oc2ccccc2)CC1Oc1ccccc1. The minimum atomic E-state index is -3.32. The maximum atomic E-state index is 10.7. The second kappa shape index (κ2) is 12.7. The molecule has 0 aromatic heterocycles. The quantitative estimate of drug-likeness (QED) is 0.210. The molecular formula is C32H34O5Si. The summed E-state index contributed by atoms with van der Waals surface area (Å²) in [6.45, 7) is 0. The molecule has 1 saturated carbocycles. The van der Waals surface area contributed by atoms with Gasteiger partial charge < -0.3 is 23.1 Å². The number of aliphatic hydroxyl groups is 1. The molecule has 3 atom stereocenters. The van der Waals surface area contributed by atoms with Crippen molar-refractivity contribution in [3.8, 4) is 23.0 Å². The summed E-state index contributed by atoms with van der Waals surface area (Å²) in [5, 5.41) is 10.7. The predicted molar refractivity (Wildman–Crippen MR) is 151 cm³/mol. The molecule has 4 aromatic carbocycles. The molecule has 4 aromatic rings. The third-order valence-electron chi connectivity index (χ3n) is 6.80. The molecule has 0 amide bonds. The van der Waals surface area contributed by atoms with Crippen LogP contribution in [0.1, 0.15) is 25.7 Å². The molecule has 5 rings (SSSR count). The van der Waals surface area contributed by atoms with Gasteiger partial charge in [-0.3, -0.25) is 0 Å². The Morgan fingerprint density at radius 3 is 1.45 bits per heavy atom. The lowest BCUT2D eigenvalue weighted by Gasteiger charge is -2.35. The molecule has 0 bridgehead atoms. The fourth-order valence-electron chi connectivity index (χ4n) is 4.86. The van der Waals surface area contributed by atoms with Crippen molar-refractivity contribution in [1.82, 2.24) is 0 Å². The molecule has 38 heavy (non-hydrogen) atoms. The molecular weight excluding hydrogens is 492 g/mol. The molecule has 1 aliphatic rings. The lowest BCUT2D eigenvalue weighted by atomic mass is 9.84. The monoisotopic (exact) mass is 526 g/mol. The minimum absolute atomic E-state index is 0.243. The zero-order chi connectivity index (χ0) is 26.0. The van der Waals surface area contributed by atoms with Gasteiger partial charge in [-0.05, 0) is 80.1 Å². The van der Waals surface area contributed by atoms with E-state index >= 15 is 0 Å². The number of para-hydroxylation sites is 4. The Bertz CT molecular complexity index is 1120. The van der Waals surface area contributed by atoms with Crippen LogP contribution in [0.4, 0.5) is 0 Å². The number of ether oxygens (including phenoxy) is 1. The molecule has 0 spiro atoms. The van der Waals surface area contributed by atoms with E-state index in [9.17, 15) is 5.11 Å². The summed E-state index contributed by atoms with van der Waals surface area (Å²) in [5.74, 6) is 3.28. The summed E-state index contributed by atoms with van der Waals surface area (Å²) in [6, 6.07) is 39.6. The van der Waals surface area contributed by atoms with Crippen molar-refractivity contribution in [2.75, 3.05) is 0 Å². The minimum Gasteiger partial charge on any atom is -0.488 e. The van der Waals surface area contributed by atoms with Crippen molar-refractivity contribution in [2.24, 2.45) is 5.92 Å². The zero-order valence-corrected chi connectivity index (χ0v) is 22.4. The summed E-state index contributed by atoms with van der Waals surface area (Å²) in [5.41, 5.74) is 0. The summed E-state index contributed by atoms with van der Waals surface area (Å²) in [7, 11) is -3.32. The number of aliphatic hydroxyl groups excluding tert-OH is 1. The zero-order valence-electron chi connectivity index (χ0n) is 21.4. The van der Waals surface area contributed by atoms with E-state index in [0.717, 1.165) is 42.3 Å². The summed E-state index contributed by atoms with van der Waals surface area (Å²) in [6.07, 6.45) is 2.50. The molecule has 196 valence electrons. The Balaban J connectivity index is 1.38. The first-order chi connectivity index (χ1) is 18.7. The van der Waals surface area contributed by atoms with E-state index in [2.05, 4.69) is 0 Å². The van der Waals surface area contributed by atoms with E-state index in [0.29, 0.717) is 18.4 Å². The van der Waals surface area contributed by atoms with Crippen molar-refractivity contribution < 1.29 is 23.1 Å². The Morgan fingerprint density at radius 1 is 0.579 bits per heavy atom. The van der Waals surface area contributed by atoms with Gasteiger partial charge in [-0.15, -0.1) is 0 Å². The van der Waals surface area contributed by atoms with Crippen LogP contribution in [-0.2, 0) is 0 Å². The topological polar surface area (TPSA) is 57.2 Å². The van der Waals surface area contributed by atoms with Crippen LogP contribution in [0, 0.1) is 5.92 Å². The molecule has 3 unspecified atom stereocenters. The van der Waals surface area contributed by atoms with Crippen molar-refractivity contribution in [2.45, 2.75) is 43.9 Å². The fraction of sp³-hybridized carbons (Fsp3) is 0.250. The number of hydrogen-bond acceptors (Lipinski definition) is 5. The Hall–Kier alpha value is -3.74. The van der Waals surface area contributed by atoms with Gasteiger partial charge in [-0.1, -0.05) is 72.8 Å². The highest BCUT2D eigenvalue weighted by Gasteiger charge is 2.50. The second-order valence-electron chi connectivity index (χ2n) is 9.68. The molecule has 1 fully saturated rings. The Labute approximate surface area is 226 Å². The van der Waals surface area contributed by atoms with Gasteiger partial charge in [-0.2, -0.15) is 0 Å². The van der Waals surface area contributed by atoms with E-state index in [4.69, 9.17) is 18.0 Å². The van der Waals surface area contributed by atoms with Crippen LogP contribution in [0.5, 0.6) is 23.0 Å². The van der Waals surface area contributed by atoms with Crippen LogP contribution in [0.2, 0.25) is 6.04 Å². The van der Waals surface area contributed by atoms with Gasteiger partial charge in [0.15, 0.2) is 0 Å². The van der Waals surface area contributed by atoms with Crippen molar-refractivity contribution >= 4 is 8.80 Å². The Kier molecular flexibility index (Phi) is 8.63. The van der Waals surface area contributed by atoms with Crippen molar-refractivity contribution in [3.05, 3.63) is 121 Å². The highest BCUT2D eigenvalue weighted by Crippen LogP contribution is 2.35. The molecule has 1 aliphatic carbocycles. The maximum absolute atomic E-state index is 10.7. The summed E-state index contributed by atoms with van der Waals surface area (Å²) >= 11 is 0. The molecule has 0 saturated heterocycles. The van der Waals surface area contributed by atoms with Crippen LogP contribution in [0.15, 0.2) is 121 Å². The number of benzene rings is 4. The summed E-state index contributed by atoms with van der Waals surface area (Å²) < 4.78 is 26.2. The lowest BCUT2D eigenvalue weighted by molar-refractivity contribution is -0.0112. The largest absolute Gasteiger partial charge is 0.699 e. The lowest BCUT2D eigenvalue weighted by Crippen LogP contribution is -2.55. The smallest absolute Gasteiger partial charge is 0.488 e. The first kappa shape index (κ1) is 25.9. The van der Waals surface area contributed by atoms with Crippen LogP contribution in [0.25, 0.3) is 0 Å². The summed E-state index contributed by atoms with van der Waals surface area (Å²) in [4.78, 5) is 0. The third-order valence-corrected chi connectivity index (χ3v) is 9.35. The van der Waals surface area contributed by atoms with Crippen LogP contribution < -0.4 is 18.0 Å². The second-order valence-corrected chi connectivity index (χ2v) is 12.2. The molecule has 1 N–H and O–H groups in total. The predicted octanol–water partition coefficient (Wildman–Crippen LogP) is 7.16. The molecule has 5 nitrogen and oxygen atoms in total. The van der Waals surface area contributed by atoms with Crippen LogP contribution in [-0.4, -0.2) is 26.1 Å². The van der Waals surface area contributed by atoms with E-state index < -0.39 is 14.9 Å². The van der Waals surface area contributed by atoms with E-state index in [1.165, 1.54) is 0 Å². The third kappa shape index (κ3) is 7.18. The average Bonchev–Trinajstić information content (AvgIpc) is 2.96. The fourth-order valence-corrected chi connectivity index (χ4v) is 7.54. The van der Waals surface area contributed by atoms with Gasteiger partial charge in [0.05, 0.1) is 12.1 Å². The average molecular weight is 527 g/mol.